The molecule has 0 amide bonds. The summed E-state index contributed by atoms with van der Waals surface area (Å²) < 4.78 is 0. The predicted molar refractivity (Wildman–Crippen MR) is 66.7 cm³/mol. The number of nitrogens with zero attached hydrogens (tertiary/aromatic N) is 1. The summed E-state index contributed by atoms with van der Waals surface area (Å²) in [6, 6.07) is 9.78. The number of aromatic carboxylic acids is 1. The third kappa shape index (κ3) is 2.57. The number of halogens is 2. The Morgan fingerprint density at radius 2 is 1.88 bits per heavy atom. The van der Waals surface area contributed by atoms with Gasteiger partial charge in [0.15, 0.2) is 0 Å². The van der Waals surface area contributed by atoms with Crippen LogP contribution in [0.3, 0.4) is 0 Å². The van der Waals surface area contributed by atoms with Gasteiger partial charge in [-0.1, -0.05) is 41.4 Å². The Labute approximate surface area is 108 Å². The van der Waals surface area contributed by atoms with Gasteiger partial charge in [0, 0.05) is 10.6 Å². The van der Waals surface area contributed by atoms with Gasteiger partial charge in [0.05, 0.1) is 11.3 Å². The first-order valence-corrected chi connectivity index (χ1v) is 5.49. The van der Waals surface area contributed by atoms with Gasteiger partial charge in [0.2, 0.25) is 0 Å². The minimum absolute atomic E-state index is 0.0833. The third-order valence-corrected chi connectivity index (χ3v) is 2.71. The highest BCUT2D eigenvalue weighted by Gasteiger charge is 2.10. The molecule has 0 aliphatic heterocycles. The maximum atomic E-state index is 10.9. The first-order valence-electron chi connectivity index (χ1n) is 4.73. The number of pyridine rings is 1. The molecule has 1 heterocycles. The lowest BCUT2D eigenvalue weighted by Crippen LogP contribution is -1.98. The normalized spacial score (nSPS) is 10.2. The molecule has 2 rings (SSSR count). The highest BCUT2D eigenvalue weighted by atomic mass is 35.5. The molecule has 2 aromatic rings. The molecular formula is C12H7Cl2NO2. The van der Waals surface area contributed by atoms with Crippen LogP contribution in [-0.4, -0.2) is 16.1 Å². The molecule has 0 radical (unpaired) electrons. The molecule has 0 saturated heterocycles. The Bertz CT molecular complexity index is 584. The van der Waals surface area contributed by atoms with Crippen molar-refractivity contribution in [2.24, 2.45) is 0 Å². The molecule has 0 atom stereocenters. The molecule has 0 saturated carbocycles. The predicted octanol–water partition coefficient (Wildman–Crippen LogP) is 3.75. The number of benzene rings is 1. The summed E-state index contributed by atoms with van der Waals surface area (Å²) in [7, 11) is 0. The van der Waals surface area contributed by atoms with E-state index in [2.05, 4.69) is 4.98 Å². The van der Waals surface area contributed by atoms with E-state index in [1.165, 1.54) is 12.1 Å². The summed E-state index contributed by atoms with van der Waals surface area (Å²) in [5, 5.41) is 9.55. The second-order valence-corrected chi connectivity index (χ2v) is 4.14. The van der Waals surface area contributed by atoms with E-state index < -0.39 is 5.97 Å². The van der Waals surface area contributed by atoms with Gasteiger partial charge in [-0.3, -0.25) is 0 Å². The minimum atomic E-state index is -1.05. The van der Waals surface area contributed by atoms with Crippen molar-refractivity contribution < 1.29 is 9.90 Å². The van der Waals surface area contributed by atoms with E-state index in [0.717, 1.165) is 0 Å². The van der Waals surface area contributed by atoms with Crippen molar-refractivity contribution >= 4 is 29.2 Å². The van der Waals surface area contributed by atoms with Crippen molar-refractivity contribution in [3.63, 3.8) is 0 Å². The number of carbonyl (C=O) groups is 1. The molecule has 0 spiro atoms. The quantitative estimate of drug-likeness (QED) is 0.844. The van der Waals surface area contributed by atoms with Gasteiger partial charge in [-0.25, -0.2) is 9.78 Å². The molecule has 5 heteroatoms. The Kier molecular flexibility index (Phi) is 3.31. The lowest BCUT2D eigenvalue weighted by molar-refractivity contribution is 0.0697. The minimum Gasteiger partial charge on any atom is -0.478 e. The van der Waals surface area contributed by atoms with E-state index in [-0.39, 0.29) is 10.7 Å². The summed E-state index contributed by atoms with van der Waals surface area (Å²) >= 11 is 11.8. The fourth-order valence-electron chi connectivity index (χ4n) is 1.43. The maximum Gasteiger partial charge on any atom is 0.335 e. The molecule has 0 bridgehead atoms. The zero-order valence-electron chi connectivity index (χ0n) is 8.52. The molecule has 3 nitrogen and oxygen atoms in total. The third-order valence-electron chi connectivity index (χ3n) is 2.19. The Morgan fingerprint density at radius 1 is 1.18 bits per heavy atom. The fraction of sp³-hybridized carbons (Fsp3) is 0. The zero-order chi connectivity index (χ0) is 12.4. The topological polar surface area (TPSA) is 50.2 Å². The molecule has 0 unspecified atom stereocenters. The summed E-state index contributed by atoms with van der Waals surface area (Å²) in [5.41, 5.74) is 1.18. The van der Waals surface area contributed by atoms with Crippen LogP contribution in [0.15, 0.2) is 36.4 Å². The first-order chi connectivity index (χ1) is 8.08. The molecule has 86 valence electrons. The number of hydrogen-bond acceptors (Lipinski definition) is 2. The van der Waals surface area contributed by atoms with Gasteiger partial charge in [-0.05, 0) is 18.2 Å². The summed E-state index contributed by atoms with van der Waals surface area (Å²) in [4.78, 5) is 15.0. The molecular weight excluding hydrogens is 261 g/mol. The summed E-state index contributed by atoms with van der Waals surface area (Å²) in [6.07, 6.45) is 0. The van der Waals surface area contributed by atoms with Gasteiger partial charge < -0.3 is 5.11 Å². The summed E-state index contributed by atoms with van der Waals surface area (Å²) in [5.74, 6) is -1.05. The van der Waals surface area contributed by atoms with Crippen LogP contribution in [0.2, 0.25) is 10.2 Å². The van der Waals surface area contributed by atoms with Crippen molar-refractivity contribution in [2.75, 3.05) is 0 Å². The number of aromatic nitrogens is 1. The van der Waals surface area contributed by atoms with Gasteiger partial charge in [-0.2, -0.15) is 0 Å². The van der Waals surface area contributed by atoms with Crippen molar-refractivity contribution in [3.8, 4) is 11.3 Å². The van der Waals surface area contributed by atoms with Crippen molar-refractivity contribution in [2.45, 2.75) is 0 Å². The lowest BCUT2D eigenvalue weighted by atomic mass is 10.1. The standard InChI is InChI=1S/C12H7Cl2NO2/c13-9-4-2-1-3-8(9)10-5-7(12(16)17)6-11(14)15-10/h1-6H,(H,16,17). The lowest BCUT2D eigenvalue weighted by Gasteiger charge is -2.05. The molecule has 0 fully saturated rings. The molecule has 1 aromatic carbocycles. The molecule has 1 N–H and O–H groups in total. The van der Waals surface area contributed by atoms with E-state index in [9.17, 15) is 4.79 Å². The average molecular weight is 268 g/mol. The summed E-state index contributed by atoms with van der Waals surface area (Å²) in [6.45, 7) is 0. The molecule has 0 aliphatic carbocycles. The number of hydrogen-bond donors (Lipinski definition) is 1. The van der Waals surface area contributed by atoms with Gasteiger partial charge >= 0.3 is 5.97 Å². The molecule has 0 aliphatic rings. The van der Waals surface area contributed by atoms with Crippen LogP contribution in [0.1, 0.15) is 10.4 Å². The van der Waals surface area contributed by atoms with E-state index in [4.69, 9.17) is 28.3 Å². The smallest absolute Gasteiger partial charge is 0.335 e. The van der Waals surface area contributed by atoms with E-state index in [1.807, 2.05) is 0 Å². The van der Waals surface area contributed by atoms with Gasteiger partial charge in [0.1, 0.15) is 5.15 Å². The second kappa shape index (κ2) is 4.73. The monoisotopic (exact) mass is 267 g/mol. The van der Waals surface area contributed by atoms with Crippen molar-refractivity contribution in [1.82, 2.24) is 4.98 Å². The van der Waals surface area contributed by atoms with Crippen LogP contribution in [0.25, 0.3) is 11.3 Å². The van der Waals surface area contributed by atoms with Crippen LogP contribution in [-0.2, 0) is 0 Å². The number of rotatable bonds is 2. The van der Waals surface area contributed by atoms with Gasteiger partial charge in [-0.15, -0.1) is 0 Å². The average Bonchev–Trinajstić information content (AvgIpc) is 2.28. The van der Waals surface area contributed by atoms with Gasteiger partial charge in [0.25, 0.3) is 0 Å². The largest absolute Gasteiger partial charge is 0.478 e. The van der Waals surface area contributed by atoms with Crippen LogP contribution < -0.4 is 0 Å². The Hall–Kier alpha value is -1.58. The Morgan fingerprint density at radius 3 is 2.53 bits per heavy atom. The zero-order valence-corrected chi connectivity index (χ0v) is 10.0. The van der Waals surface area contributed by atoms with Crippen LogP contribution in [0.5, 0.6) is 0 Å². The Balaban J connectivity index is 2.60. The van der Waals surface area contributed by atoms with Crippen molar-refractivity contribution in [1.29, 1.82) is 0 Å². The van der Waals surface area contributed by atoms with E-state index in [1.54, 1.807) is 24.3 Å². The fourth-order valence-corrected chi connectivity index (χ4v) is 1.87. The van der Waals surface area contributed by atoms with Crippen LogP contribution in [0.4, 0.5) is 0 Å². The first kappa shape index (κ1) is 11.9. The maximum absolute atomic E-state index is 10.9. The van der Waals surface area contributed by atoms with E-state index in [0.29, 0.717) is 16.3 Å². The second-order valence-electron chi connectivity index (χ2n) is 3.35. The SMILES string of the molecule is O=C(O)c1cc(Cl)nc(-c2ccccc2Cl)c1. The van der Waals surface area contributed by atoms with Crippen LogP contribution >= 0.6 is 23.2 Å². The molecule has 1 aromatic heterocycles. The van der Waals surface area contributed by atoms with Crippen LogP contribution in [0, 0.1) is 0 Å². The van der Waals surface area contributed by atoms with Crippen molar-refractivity contribution in [3.05, 3.63) is 52.1 Å². The highest BCUT2D eigenvalue weighted by molar-refractivity contribution is 6.33. The molecule has 17 heavy (non-hydrogen) atoms. The highest BCUT2D eigenvalue weighted by Crippen LogP contribution is 2.27. The van der Waals surface area contributed by atoms with E-state index >= 15 is 0 Å². The number of carboxylic acid groups (broad SMARTS) is 1. The number of carboxylic acids is 1.